The largest absolute Gasteiger partial charge is 0.369 e. The molecule has 5 rings (SSSR count). The molecular formula is C25H28ClN7O. The Bertz CT molecular complexity index is 1200. The Morgan fingerprint density at radius 1 is 1.18 bits per heavy atom. The number of carbonyl (C=O) groups is 1. The third kappa shape index (κ3) is 4.26. The van der Waals surface area contributed by atoms with Crippen molar-refractivity contribution < 1.29 is 4.79 Å². The Kier molecular flexibility index (Phi) is 6.02. The molecule has 3 aromatic rings. The summed E-state index contributed by atoms with van der Waals surface area (Å²) in [5.41, 5.74) is 4.20. The number of halogens is 1. The number of carbonyl (C=O) groups excluding carboxylic acids is 1. The number of benzene rings is 2. The minimum atomic E-state index is -0.162. The third-order valence-corrected chi connectivity index (χ3v) is 6.58. The van der Waals surface area contributed by atoms with Gasteiger partial charge >= 0.3 is 0 Å². The number of para-hydroxylation sites is 1. The van der Waals surface area contributed by atoms with Crippen molar-refractivity contribution in [3.63, 3.8) is 0 Å². The molecule has 2 N–H and O–H groups in total. The summed E-state index contributed by atoms with van der Waals surface area (Å²) in [6.45, 7) is 7.48. The maximum Gasteiger partial charge on any atom is 0.265 e. The molecule has 34 heavy (non-hydrogen) atoms. The van der Waals surface area contributed by atoms with Crippen molar-refractivity contribution in [2.24, 2.45) is 0 Å². The van der Waals surface area contributed by atoms with Crippen LogP contribution in [-0.4, -0.2) is 55.3 Å². The summed E-state index contributed by atoms with van der Waals surface area (Å²) in [4.78, 5) is 28.3. The van der Waals surface area contributed by atoms with Gasteiger partial charge in [0.2, 0.25) is 5.95 Å². The molecule has 3 heterocycles. The second-order valence-corrected chi connectivity index (χ2v) is 9.29. The number of piperazine rings is 1. The number of nitrogens with zero attached hydrogens (tertiary/aromatic N) is 5. The Morgan fingerprint density at radius 2 is 1.97 bits per heavy atom. The van der Waals surface area contributed by atoms with E-state index in [1.165, 1.54) is 5.69 Å². The van der Waals surface area contributed by atoms with Crippen molar-refractivity contribution in [2.45, 2.75) is 19.9 Å². The maximum absolute atomic E-state index is 13.3. The second kappa shape index (κ2) is 9.12. The van der Waals surface area contributed by atoms with E-state index >= 15 is 0 Å². The zero-order chi connectivity index (χ0) is 23.8. The fourth-order valence-corrected chi connectivity index (χ4v) is 4.88. The minimum Gasteiger partial charge on any atom is -0.369 e. The van der Waals surface area contributed by atoms with E-state index in [1.54, 1.807) is 17.2 Å². The average Bonchev–Trinajstić information content (AvgIpc) is 2.82. The molecule has 0 bridgehead atoms. The van der Waals surface area contributed by atoms with Crippen LogP contribution in [-0.2, 0) is 0 Å². The van der Waals surface area contributed by atoms with Gasteiger partial charge in [-0.3, -0.25) is 9.69 Å². The molecule has 2 aliphatic heterocycles. The van der Waals surface area contributed by atoms with Gasteiger partial charge in [-0.15, -0.1) is 0 Å². The highest BCUT2D eigenvalue weighted by molar-refractivity contribution is 6.34. The Labute approximate surface area is 204 Å². The van der Waals surface area contributed by atoms with Crippen LogP contribution in [0.2, 0.25) is 5.02 Å². The van der Waals surface area contributed by atoms with Crippen LogP contribution >= 0.6 is 11.6 Å². The van der Waals surface area contributed by atoms with E-state index < -0.39 is 0 Å². The van der Waals surface area contributed by atoms with Crippen LogP contribution < -0.4 is 25.3 Å². The van der Waals surface area contributed by atoms with Crippen LogP contribution in [0.1, 0.15) is 22.8 Å². The molecular weight excluding hydrogens is 450 g/mol. The molecule has 9 heteroatoms. The monoisotopic (exact) mass is 477 g/mol. The van der Waals surface area contributed by atoms with Crippen molar-refractivity contribution in [3.8, 4) is 0 Å². The van der Waals surface area contributed by atoms with Crippen molar-refractivity contribution in [1.29, 1.82) is 0 Å². The Balaban J connectivity index is 1.35. The summed E-state index contributed by atoms with van der Waals surface area (Å²) in [7, 11) is 1.91. The molecule has 1 aromatic heterocycles. The summed E-state index contributed by atoms with van der Waals surface area (Å²) >= 11 is 6.43. The van der Waals surface area contributed by atoms with Gasteiger partial charge in [-0.25, -0.2) is 4.98 Å². The molecule has 1 saturated heterocycles. The van der Waals surface area contributed by atoms with Gasteiger partial charge in [-0.2, -0.15) is 4.98 Å². The van der Waals surface area contributed by atoms with E-state index in [1.807, 2.05) is 43.1 Å². The molecule has 0 saturated carbocycles. The molecule has 1 amide bonds. The zero-order valence-corrected chi connectivity index (χ0v) is 20.3. The van der Waals surface area contributed by atoms with Gasteiger partial charge in [0.1, 0.15) is 11.4 Å². The van der Waals surface area contributed by atoms with Crippen molar-refractivity contribution in [1.82, 2.24) is 15.3 Å². The molecule has 8 nitrogen and oxygen atoms in total. The lowest BCUT2D eigenvalue weighted by Gasteiger charge is -2.35. The summed E-state index contributed by atoms with van der Waals surface area (Å²) in [5.74, 6) is 0.879. The molecule has 1 unspecified atom stereocenters. The summed E-state index contributed by atoms with van der Waals surface area (Å²) in [6, 6.07) is 14.4. The number of hydrogen-bond donors (Lipinski definition) is 2. The van der Waals surface area contributed by atoms with Crippen LogP contribution in [0.4, 0.5) is 28.8 Å². The van der Waals surface area contributed by atoms with Gasteiger partial charge in [0.15, 0.2) is 0 Å². The lowest BCUT2D eigenvalue weighted by molar-refractivity contribution is 0.0982. The fraction of sp³-hybridized carbons (Fsp3) is 0.320. The number of fused-ring (bicyclic) bond motifs is 1. The molecule has 0 spiro atoms. The normalized spacial score (nSPS) is 18.2. The van der Waals surface area contributed by atoms with Crippen LogP contribution in [0.15, 0.2) is 48.7 Å². The number of rotatable bonds is 4. The lowest BCUT2D eigenvalue weighted by Crippen LogP contribution is -2.49. The van der Waals surface area contributed by atoms with Crippen molar-refractivity contribution >= 4 is 46.3 Å². The number of anilines is 5. The van der Waals surface area contributed by atoms with E-state index in [-0.39, 0.29) is 5.91 Å². The lowest BCUT2D eigenvalue weighted by atomic mass is 10.1. The fourth-order valence-electron chi connectivity index (χ4n) is 4.55. The minimum absolute atomic E-state index is 0.162. The zero-order valence-electron chi connectivity index (χ0n) is 19.5. The molecule has 0 aliphatic carbocycles. The summed E-state index contributed by atoms with van der Waals surface area (Å²) in [5, 5.41) is 7.27. The number of amides is 1. The smallest absolute Gasteiger partial charge is 0.265 e. The molecule has 0 radical (unpaired) electrons. The number of aryl methyl sites for hydroxylation is 1. The third-order valence-electron chi connectivity index (χ3n) is 6.28. The van der Waals surface area contributed by atoms with Crippen molar-refractivity contribution in [3.05, 3.63) is 64.8 Å². The summed E-state index contributed by atoms with van der Waals surface area (Å²) < 4.78 is 0. The van der Waals surface area contributed by atoms with Gasteiger partial charge in [0, 0.05) is 50.3 Å². The van der Waals surface area contributed by atoms with Crippen LogP contribution in [0, 0.1) is 6.92 Å². The Hall–Kier alpha value is -3.36. The predicted molar refractivity (Wildman–Crippen MR) is 138 cm³/mol. The topological polar surface area (TPSA) is 76.6 Å². The van der Waals surface area contributed by atoms with Gasteiger partial charge in [0.05, 0.1) is 17.4 Å². The first kappa shape index (κ1) is 22.4. The highest BCUT2D eigenvalue weighted by Crippen LogP contribution is 2.35. The van der Waals surface area contributed by atoms with Gasteiger partial charge < -0.3 is 20.4 Å². The first-order valence-electron chi connectivity index (χ1n) is 11.4. The quantitative estimate of drug-likeness (QED) is 0.587. The predicted octanol–water partition coefficient (Wildman–Crippen LogP) is 4.03. The molecule has 2 aliphatic rings. The second-order valence-electron chi connectivity index (χ2n) is 8.88. The van der Waals surface area contributed by atoms with E-state index in [2.05, 4.69) is 44.6 Å². The van der Waals surface area contributed by atoms with E-state index in [0.717, 1.165) is 30.9 Å². The van der Waals surface area contributed by atoms with Gasteiger partial charge in [0.25, 0.3) is 5.91 Å². The standard InChI is InChI=1S/C25H28ClN7O/c1-16-5-4-6-21(26)22(16)33-15-31(3)23-20(24(33)34)13-28-25(30-23)29-18-7-9-19(10-8-18)32-12-11-27-17(2)14-32/h4-10,13,17,27H,11-12,14-15H2,1-3H3,(H,28,29,30). The van der Waals surface area contributed by atoms with E-state index in [9.17, 15) is 4.79 Å². The number of hydrogen-bond acceptors (Lipinski definition) is 7. The molecule has 176 valence electrons. The number of aromatic nitrogens is 2. The van der Waals surface area contributed by atoms with E-state index in [0.29, 0.717) is 40.8 Å². The van der Waals surface area contributed by atoms with E-state index in [4.69, 9.17) is 11.6 Å². The van der Waals surface area contributed by atoms with Crippen LogP contribution in [0.5, 0.6) is 0 Å². The number of nitrogens with one attached hydrogen (secondary N) is 2. The van der Waals surface area contributed by atoms with Crippen LogP contribution in [0.25, 0.3) is 0 Å². The highest BCUT2D eigenvalue weighted by Gasteiger charge is 2.32. The summed E-state index contributed by atoms with van der Waals surface area (Å²) in [6.07, 6.45) is 1.58. The van der Waals surface area contributed by atoms with Crippen molar-refractivity contribution in [2.75, 3.05) is 53.4 Å². The first-order valence-corrected chi connectivity index (χ1v) is 11.8. The van der Waals surface area contributed by atoms with Crippen LogP contribution in [0.3, 0.4) is 0 Å². The maximum atomic E-state index is 13.3. The average molecular weight is 478 g/mol. The molecule has 2 aromatic carbocycles. The van der Waals surface area contributed by atoms with Gasteiger partial charge in [-0.05, 0) is 49.7 Å². The molecule has 1 fully saturated rings. The highest BCUT2D eigenvalue weighted by atomic mass is 35.5. The Morgan fingerprint density at radius 3 is 2.71 bits per heavy atom. The van der Waals surface area contributed by atoms with Gasteiger partial charge in [-0.1, -0.05) is 23.7 Å². The SMILES string of the molecule is Cc1cccc(Cl)c1N1CN(C)c2nc(Nc3ccc(N4CCNC(C)C4)cc3)ncc2C1=O. The first-order chi connectivity index (χ1) is 16.4. The molecule has 1 atom stereocenters.